The van der Waals surface area contributed by atoms with E-state index in [1.165, 1.54) is 22.3 Å². The van der Waals surface area contributed by atoms with E-state index in [4.69, 9.17) is 9.97 Å². The van der Waals surface area contributed by atoms with Crippen LogP contribution in [-0.4, -0.2) is 9.97 Å². The van der Waals surface area contributed by atoms with E-state index >= 15 is 0 Å². The monoisotopic (exact) mass is 496 g/mol. The lowest BCUT2D eigenvalue weighted by molar-refractivity contribution is 0.708. The molecule has 4 aromatic carbocycles. The third kappa shape index (κ3) is 3.28. The van der Waals surface area contributed by atoms with Crippen molar-refractivity contribution >= 4 is 12.2 Å². The molecule has 1 aliphatic carbocycles. The van der Waals surface area contributed by atoms with Crippen molar-refractivity contribution in [2.24, 2.45) is 0 Å². The zero-order valence-corrected chi connectivity index (χ0v) is 21.3. The van der Waals surface area contributed by atoms with Crippen LogP contribution in [0.5, 0.6) is 0 Å². The molecule has 1 spiro atoms. The molecule has 0 saturated heterocycles. The summed E-state index contributed by atoms with van der Waals surface area (Å²) in [5.41, 5.74) is 12.6. The Morgan fingerprint density at radius 1 is 0.410 bits per heavy atom. The van der Waals surface area contributed by atoms with Gasteiger partial charge in [0.05, 0.1) is 22.8 Å². The SMILES string of the molecule is C1=C\c2cccc(c2)-c2cccc(n2)C2(c3cccc(n3)-c3cccc/1c3)c1ccccc1-c1ccccc12. The van der Waals surface area contributed by atoms with E-state index in [1.807, 2.05) is 0 Å². The molecule has 0 saturated carbocycles. The van der Waals surface area contributed by atoms with Crippen LogP contribution in [-0.2, 0) is 5.41 Å². The van der Waals surface area contributed by atoms with Crippen LogP contribution in [0.3, 0.4) is 0 Å². The van der Waals surface area contributed by atoms with Crippen molar-refractivity contribution in [3.05, 3.63) is 167 Å². The average molecular weight is 497 g/mol. The molecule has 0 N–H and O–H groups in total. The first-order valence-electron chi connectivity index (χ1n) is 13.3. The maximum atomic E-state index is 5.41. The summed E-state index contributed by atoms with van der Waals surface area (Å²) in [5, 5.41) is 0. The number of hydrogen-bond acceptors (Lipinski definition) is 2. The summed E-state index contributed by atoms with van der Waals surface area (Å²) < 4.78 is 0. The van der Waals surface area contributed by atoms with Gasteiger partial charge in [0.25, 0.3) is 0 Å². The Morgan fingerprint density at radius 2 is 0.872 bits per heavy atom. The second-order valence-corrected chi connectivity index (χ2v) is 10.2. The van der Waals surface area contributed by atoms with Gasteiger partial charge in [0.15, 0.2) is 0 Å². The van der Waals surface area contributed by atoms with E-state index in [0.29, 0.717) is 0 Å². The molecule has 8 bridgehead atoms. The molecule has 6 aromatic rings. The van der Waals surface area contributed by atoms with Crippen molar-refractivity contribution in [2.75, 3.05) is 0 Å². The van der Waals surface area contributed by atoms with Crippen LogP contribution in [0.4, 0.5) is 0 Å². The van der Waals surface area contributed by atoms with Gasteiger partial charge in [-0.1, -0.05) is 109 Å². The zero-order valence-electron chi connectivity index (χ0n) is 21.3. The van der Waals surface area contributed by atoms with Crippen LogP contribution in [0, 0.1) is 0 Å². The molecule has 182 valence electrons. The van der Waals surface area contributed by atoms with Gasteiger partial charge in [-0.05, 0) is 69.8 Å². The van der Waals surface area contributed by atoms with Crippen LogP contribution in [0.25, 0.3) is 45.8 Å². The summed E-state index contributed by atoms with van der Waals surface area (Å²) >= 11 is 0. The number of fused-ring (bicyclic) bond motifs is 17. The Balaban J connectivity index is 1.53. The summed E-state index contributed by atoms with van der Waals surface area (Å²) in [7, 11) is 0. The highest BCUT2D eigenvalue weighted by Crippen LogP contribution is 2.55. The second kappa shape index (κ2) is 8.47. The standard InChI is InChI=1S/C37H24N2/c1-3-15-31-29(13-1)30-14-2-4-16-32(30)37(31)35-19-7-17-33(38-35)27-11-5-9-25(23-27)21-22-26-10-6-12-28(24-26)34-18-8-20-36(37)39-34/h1-24H/b22-21-. The summed E-state index contributed by atoms with van der Waals surface area (Å²) in [6.07, 6.45) is 4.34. The van der Waals surface area contributed by atoms with Crippen molar-refractivity contribution in [1.82, 2.24) is 9.97 Å². The molecule has 2 heteroatoms. The topological polar surface area (TPSA) is 25.8 Å². The Hall–Kier alpha value is -5.08. The molecule has 1 aliphatic heterocycles. The summed E-state index contributed by atoms with van der Waals surface area (Å²) in [6, 6.07) is 47.5. The normalized spacial score (nSPS) is 14.6. The van der Waals surface area contributed by atoms with E-state index in [-0.39, 0.29) is 0 Å². The first-order valence-corrected chi connectivity index (χ1v) is 13.3. The third-order valence-electron chi connectivity index (χ3n) is 8.05. The second-order valence-electron chi connectivity index (χ2n) is 10.2. The van der Waals surface area contributed by atoms with Gasteiger partial charge in [-0.25, -0.2) is 0 Å². The maximum Gasteiger partial charge on any atom is 0.106 e. The smallest absolute Gasteiger partial charge is 0.106 e. The molecule has 0 atom stereocenters. The molecule has 2 nitrogen and oxygen atoms in total. The van der Waals surface area contributed by atoms with Gasteiger partial charge < -0.3 is 0 Å². The first-order chi connectivity index (χ1) is 19.3. The van der Waals surface area contributed by atoms with Crippen LogP contribution in [0.2, 0.25) is 0 Å². The Labute approximate surface area is 228 Å². The van der Waals surface area contributed by atoms with E-state index in [9.17, 15) is 0 Å². The number of pyridine rings is 2. The highest BCUT2D eigenvalue weighted by Gasteiger charge is 2.48. The highest BCUT2D eigenvalue weighted by atomic mass is 14.8. The number of hydrogen-bond donors (Lipinski definition) is 0. The fourth-order valence-electron chi connectivity index (χ4n) is 6.32. The van der Waals surface area contributed by atoms with Crippen LogP contribution < -0.4 is 0 Å². The van der Waals surface area contributed by atoms with Crippen LogP contribution >= 0.6 is 0 Å². The largest absolute Gasteiger partial charge is 0.251 e. The lowest BCUT2D eigenvalue weighted by Crippen LogP contribution is -2.31. The number of aromatic nitrogens is 2. The van der Waals surface area contributed by atoms with E-state index in [1.54, 1.807) is 0 Å². The van der Waals surface area contributed by atoms with Crippen molar-refractivity contribution in [3.63, 3.8) is 0 Å². The molecule has 2 aliphatic rings. The van der Waals surface area contributed by atoms with Crippen molar-refractivity contribution in [1.29, 1.82) is 0 Å². The quantitative estimate of drug-likeness (QED) is 0.210. The minimum Gasteiger partial charge on any atom is -0.251 e. The number of nitrogens with zero attached hydrogens (tertiary/aromatic N) is 2. The minimum atomic E-state index is -0.646. The molecule has 0 radical (unpaired) electrons. The van der Waals surface area contributed by atoms with Gasteiger partial charge >= 0.3 is 0 Å². The van der Waals surface area contributed by atoms with Crippen molar-refractivity contribution < 1.29 is 0 Å². The third-order valence-corrected chi connectivity index (χ3v) is 8.05. The first kappa shape index (κ1) is 22.0. The highest BCUT2D eigenvalue weighted by molar-refractivity contribution is 5.86. The molecule has 8 rings (SSSR count). The average Bonchev–Trinajstić information content (AvgIpc) is 3.31. The molecule has 0 unspecified atom stereocenters. The Bertz CT molecular complexity index is 1790. The molecule has 3 heterocycles. The molecular formula is C37H24N2. The van der Waals surface area contributed by atoms with Crippen LogP contribution in [0.1, 0.15) is 33.6 Å². The summed E-state index contributed by atoms with van der Waals surface area (Å²) in [6.45, 7) is 0. The number of benzene rings is 4. The van der Waals surface area contributed by atoms with Gasteiger partial charge in [0.2, 0.25) is 0 Å². The fraction of sp³-hybridized carbons (Fsp3) is 0.0270. The van der Waals surface area contributed by atoms with Gasteiger partial charge in [0.1, 0.15) is 5.41 Å². The molecule has 2 aromatic heterocycles. The van der Waals surface area contributed by atoms with E-state index in [0.717, 1.165) is 45.0 Å². The zero-order chi connectivity index (χ0) is 25.8. The van der Waals surface area contributed by atoms with Gasteiger partial charge in [-0.15, -0.1) is 0 Å². The van der Waals surface area contributed by atoms with Gasteiger partial charge in [0, 0.05) is 11.1 Å². The maximum absolute atomic E-state index is 5.41. The Kier molecular flexibility index (Phi) is 4.77. The van der Waals surface area contributed by atoms with Crippen molar-refractivity contribution in [2.45, 2.75) is 5.41 Å². The predicted molar refractivity (Wildman–Crippen MR) is 159 cm³/mol. The predicted octanol–water partition coefficient (Wildman–Crippen LogP) is 8.66. The summed E-state index contributed by atoms with van der Waals surface area (Å²) in [5.74, 6) is 0. The molecule has 39 heavy (non-hydrogen) atoms. The van der Waals surface area contributed by atoms with E-state index < -0.39 is 5.41 Å². The van der Waals surface area contributed by atoms with E-state index in [2.05, 4.69) is 146 Å². The minimum absolute atomic E-state index is 0.646. The lowest BCUT2D eigenvalue weighted by Gasteiger charge is -2.32. The van der Waals surface area contributed by atoms with Gasteiger partial charge in [-0.2, -0.15) is 0 Å². The van der Waals surface area contributed by atoms with Crippen molar-refractivity contribution in [3.8, 4) is 33.6 Å². The fourth-order valence-corrected chi connectivity index (χ4v) is 6.32. The lowest BCUT2D eigenvalue weighted by atomic mass is 9.72. The summed E-state index contributed by atoms with van der Waals surface area (Å²) in [4.78, 5) is 10.8. The van der Waals surface area contributed by atoms with Gasteiger partial charge in [-0.3, -0.25) is 9.97 Å². The molecule has 0 fully saturated rings. The molecular weight excluding hydrogens is 472 g/mol. The van der Waals surface area contributed by atoms with Crippen LogP contribution in [0.15, 0.2) is 133 Å². The Morgan fingerprint density at radius 3 is 1.38 bits per heavy atom. The number of rotatable bonds is 0. The molecule has 0 amide bonds.